The van der Waals surface area contributed by atoms with E-state index in [0.717, 1.165) is 37.0 Å². The molecule has 3 aromatic rings. The predicted octanol–water partition coefficient (Wildman–Crippen LogP) is 2.55. The number of anilines is 1. The third-order valence-corrected chi connectivity index (χ3v) is 5.07. The van der Waals surface area contributed by atoms with Crippen molar-refractivity contribution in [2.75, 3.05) is 31.6 Å². The number of carbonyl (C=O) groups is 1. The van der Waals surface area contributed by atoms with Gasteiger partial charge in [-0.2, -0.15) is 0 Å². The minimum Gasteiger partial charge on any atom is -0.366 e. The van der Waals surface area contributed by atoms with E-state index in [1.807, 2.05) is 6.07 Å². The average Bonchev–Trinajstić information content (AvgIpc) is 3.12. The van der Waals surface area contributed by atoms with E-state index in [4.69, 9.17) is 0 Å². The van der Waals surface area contributed by atoms with Gasteiger partial charge in [-0.25, -0.2) is 0 Å². The molecule has 0 radical (unpaired) electrons. The minimum atomic E-state index is -0.0909. The van der Waals surface area contributed by atoms with Gasteiger partial charge in [0.05, 0.1) is 0 Å². The number of hydrogen-bond donors (Lipinski definition) is 3. The molecule has 2 heterocycles. The Morgan fingerprint density at radius 2 is 2.04 bits per heavy atom. The molecule has 3 N–H and O–H groups in total. The molecule has 0 unspecified atom stereocenters. The van der Waals surface area contributed by atoms with Gasteiger partial charge in [-0.05, 0) is 36.2 Å². The number of H-pyrrole nitrogens is 1. The monoisotopic (exact) mass is 348 g/mol. The van der Waals surface area contributed by atoms with Crippen molar-refractivity contribution in [1.82, 2.24) is 15.6 Å². The number of hydrogen-bond acceptors (Lipinski definition) is 3. The van der Waals surface area contributed by atoms with Crippen molar-refractivity contribution in [2.45, 2.75) is 12.5 Å². The Balaban J connectivity index is 1.62. The van der Waals surface area contributed by atoms with Crippen molar-refractivity contribution in [3.05, 3.63) is 65.9 Å². The molecule has 1 aliphatic heterocycles. The van der Waals surface area contributed by atoms with Gasteiger partial charge in [-0.3, -0.25) is 4.79 Å². The molecule has 1 amide bonds. The highest BCUT2D eigenvalue weighted by Crippen LogP contribution is 2.26. The Hall–Kier alpha value is -2.79. The van der Waals surface area contributed by atoms with Crippen LogP contribution < -0.4 is 15.5 Å². The Labute approximate surface area is 153 Å². The first-order valence-corrected chi connectivity index (χ1v) is 9.11. The number of aromatic amines is 1. The van der Waals surface area contributed by atoms with Crippen molar-refractivity contribution < 1.29 is 4.79 Å². The Morgan fingerprint density at radius 3 is 2.85 bits per heavy atom. The lowest BCUT2D eigenvalue weighted by Gasteiger charge is -2.38. The zero-order chi connectivity index (χ0) is 17.9. The molecule has 1 fully saturated rings. The summed E-state index contributed by atoms with van der Waals surface area (Å²) in [6.45, 7) is 2.94. The van der Waals surface area contributed by atoms with E-state index < -0.39 is 0 Å². The molecule has 1 atom stereocenters. The van der Waals surface area contributed by atoms with Crippen LogP contribution in [0.15, 0.2) is 54.6 Å². The van der Waals surface area contributed by atoms with Gasteiger partial charge in [0.2, 0.25) is 0 Å². The van der Waals surface area contributed by atoms with Crippen LogP contribution in [0.5, 0.6) is 0 Å². The minimum absolute atomic E-state index is 0.0909. The first-order valence-electron chi connectivity index (χ1n) is 9.11. The van der Waals surface area contributed by atoms with Gasteiger partial charge in [0.1, 0.15) is 5.69 Å². The average molecular weight is 348 g/mol. The van der Waals surface area contributed by atoms with Crippen LogP contribution in [0.4, 0.5) is 5.69 Å². The molecule has 0 bridgehead atoms. The number of rotatable bonds is 4. The second-order valence-corrected chi connectivity index (χ2v) is 6.77. The summed E-state index contributed by atoms with van der Waals surface area (Å²) in [6.07, 6.45) is 1.02. The van der Waals surface area contributed by atoms with Crippen molar-refractivity contribution >= 4 is 22.5 Å². The van der Waals surface area contributed by atoms with Crippen molar-refractivity contribution in [2.24, 2.45) is 0 Å². The number of piperazine rings is 1. The van der Waals surface area contributed by atoms with Gasteiger partial charge in [0, 0.05) is 49.3 Å². The molecular formula is C21H24N4O. The Kier molecular flexibility index (Phi) is 4.63. The zero-order valence-electron chi connectivity index (χ0n) is 15.0. The SMILES string of the molecule is CNC(=O)c1cc2cc(N3CCNC[C@@H]3Cc3ccccc3)ccc2[nH]1. The first kappa shape index (κ1) is 16.7. The Bertz CT molecular complexity index is 903. The van der Waals surface area contributed by atoms with Gasteiger partial charge in [-0.15, -0.1) is 0 Å². The molecule has 5 nitrogen and oxygen atoms in total. The maximum absolute atomic E-state index is 11.9. The molecule has 0 aliphatic carbocycles. The highest BCUT2D eigenvalue weighted by atomic mass is 16.1. The quantitative estimate of drug-likeness (QED) is 0.679. The molecule has 4 rings (SSSR count). The summed E-state index contributed by atoms with van der Waals surface area (Å²) in [5.41, 5.74) is 4.15. The smallest absolute Gasteiger partial charge is 0.267 e. The van der Waals surface area contributed by atoms with Crippen LogP contribution in [0.1, 0.15) is 16.1 Å². The molecule has 2 aromatic carbocycles. The highest BCUT2D eigenvalue weighted by Gasteiger charge is 2.23. The summed E-state index contributed by atoms with van der Waals surface area (Å²) in [5.74, 6) is -0.0909. The maximum Gasteiger partial charge on any atom is 0.267 e. The lowest BCUT2D eigenvalue weighted by molar-refractivity contribution is 0.0959. The molecule has 0 spiro atoms. The molecule has 1 aliphatic rings. The fraction of sp³-hybridized carbons (Fsp3) is 0.286. The number of aromatic nitrogens is 1. The van der Waals surface area contributed by atoms with Gasteiger partial charge in [0.15, 0.2) is 0 Å². The van der Waals surface area contributed by atoms with Crippen molar-refractivity contribution in [3.63, 3.8) is 0 Å². The molecule has 26 heavy (non-hydrogen) atoms. The fourth-order valence-corrected chi connectivity index (χ4v) is 3.73. The van der Waals surface area contributed by atoms with Gasteiger partial charge in [0.25, 0.3) is 5.91 Å². The van der Waals surface area contributed by atoms with Crippen LogP contribution in [0.25, 0.3) is 10.9 Å². The second-order valence-electron chi connectivity index (χ2n) is 6.77. The largest absolute Gasteiger partial charge is 0.366 e. The summed E-state index contributed by atoms with van der Waals surface area (Å²) < 4.78 is 0. The normalized spacial score (nSPS) is 17.4. The van der Waals surface area contributed by atoms with Crippen LogP contribution >= 0.6 is 0 Å². The molecule has 1 saturated heterocycles. The zero-order valence-corrected chi connectivity index (χ0v) is 15.0. The standard InChI is InChI=1S/C21H24N4O/c1-22-21(26)20-13-16-12-17(7-8-19(16)24-20)25-10-9-23-14-18(25)11-15-5-3-2-4-6-15/h2-8,12-13,18,23-24H,9-11,14H2,1H3,(H,22,26)/t18-/m0/s1. The van der Waals surface area contributed by atoms with Gasteiger partial charge >= 0.3 is 0 Å². The van der Waals surface area contributed by atoms with Crippen LogP contribution in [0, 0.1) is 0 Å². The lowest BCUT2D eigenvalue weighted by Crippen LogP contribution is -2.52. The van der Waals surface area contributed by atoms with E-state index in [9.17, 15) is 4.79 Å². The molecule has 1 aromatic heterocycles. The number of nitrogens with one attached hydrogen (secondary N) is 3. The first-order chi connectivity index (χ1) is 12.7. The topological polar surface area (TPSA) is 60.2 Å². The predicted molar refractivity (Wildman–Crippen MR) is 106 cm³/mol. The van der Waals surface area contributed by atoms with E-state index in [1.165, 1.54) is 11.3 Å². The number of fused-ring (bicyclic) bond motifs is 1. The maximum atomic E-state index is 11.9. The van der Waals surface area contributed by atoms with Crippen LogP contribution in [-0.4, -0.2) is 43.6 Å². The van der Waals surface area contributed by atoms with E-state index in [0.29, 0.717) is 11.7 Å². The van der Waals surface area contributed by atoms with E-state index in [2.05, 4.69) is 69.0 Å². The summed E-state index contributed by atoms with van der Waals surface area (Å²) in [5, 5.41) is 7.25. The fourth-order valence-electron chi connectivity index (χ4n) is 3.73. The molecular weight excluding hydrogens is 324 g/mol. The van der Waals surface area contributed by atoms with Gasteiger partial charge < -0.3 is 20.5 Å². The summed E-state index contributed by atoms with van der Waals surface area (Å²) >= 11 is 0. The van der Waals surface area contributed by atoms with Crippen LogP contribution in [-0.2, 0) is 6.42 Å². The Morgan fingerprint density at radius 1 is 1.19 bits per heavy atom. The summed E-state index contributed by atoms with van der Waals surface area (Å²) in [7, 11) is 1.65. The third-order valence-electron chi connectivity index (χ3n) is 5.07. The number of carbonyl (C=O) groups excluding carboxylic acids is 1. The van der Waals surface area contributed by atoms with E-state index in [1.54, 1.807) is 7.05 Å². The molecule has 5 heteroatoms. The third kappa shape index (κ3) is 3.30. The van der Waals surface area contributed by atoms with Crippen molar-refractivity contribution in [3.8, 4) is 0 Å². The summed E-state index contributed by atoms with van der Waals surface area (Å²) in [4.78, 5) is 17.5. The number of nitrogens with zero attached hydrogens (tertiary/aromatic N) is 1. The van der Waals surface area contributed by atoms with Crippen molar-refractivity contribution in [1.29, 1.82) is 0 Å². The second kappa shape index (κ2) is 7.22. The lowest BCUT2D eigenvalue weighted by atomic mass is 10.0. The number of amides is 1. The van der Waals surface area contributed by atoms with Crippen LogP contribution in [0.2, 0.25) is 0 Å². The van der Waals surface area contributed by atoms with Crippen LogP contribution in [0.3, 0.4) is 0 Å². The van der Waals surface area contributed by atoms with E-state index >= 15 is 0 Å². The molecule has 134 valence electrons. The summed E-state index contributed by atoms with van der Waals surface area (Å²) in [6, 6.07) is 19.4. The van der Waals surface area contributed by atoms with E-state index in [-0.39, 0.29) is 5.91 Å². The number of benzene rings is 2. The highest BCUT2D eigenvalue weighted by molar-refractivity contribution is 5.98. The molecule has 0 saturated carbocycles. The van der Waals surface area contributed by atoms with Gasteiger partial charge in [-0.1, -0.05) is 30.3 Å².